The Morgan fingerprint density at radius 2 is 1.91 bits per heavy atom. The van der Waals surface area contributed by atoms with Crippen LogP contribution in [0.1, 0.15) is 77.1 Å². The molecule has 188 valence electrons. The molecule has 4 N–H and O–H groups in total. The number of ether oxygens (including phenoxy) is 1. The molecule has 3 rings (SSSR count). The molecule has 1 aromatic rings. The van der Waals surface area contributed by atoms with E-state index in [9.17, 15) is 14.4 Å². The van der Waals surface area contributed by atoms with Gasteiger partial charge in [0.15, 0.2) is 0 Å². The Bertz CT molecular complexity index is 922. The summed E-state index contributed by atoms with van der Waals surface area (Å²) in [5.41, 5.74) is 5.37. The number of hydrogen-bond acceptors (Lipinski definition) is 5. The molecule has 2 aliphatic carbocycles. The largest absolute Gasteiger partial charge is 0.477 e. The van der Waals surface area contributed by atoms with Gasteiger partial charge < -0.3 is 21.1 Å². The molecule has 2 bridgehead atoms. The van der Waals surface area contributed by atoms with E-state index >= 15 is 0 Å². The number of rotatable bonds is 9. The Morgan fingerprint density at radius 1 is 1.26 bits per heavy atom. The molecule has 4 atom stereocenters. The average molecular weight is 474 g/mol. The molecule has 9 heteroatoms. The minimum absolute atomic E-state index is 0.0207. The van der Waals surface area contributed by atoms with E-state index in [0.29, 0.717) is 18.1 Å². The topological polar surface area (TPSA) is 128 Å². The van der Waals surface area contributed by atoms with Crippen molar-refractivity contribution >= 4 is 23.9 Å². The number of nitrogens with one attached hydrogen (secondary N) is 2. The SMILES string of the molecule is CC(=O)NC(C)(C)/C=C/n1ncc(C(=O)NC2C3CCC[C@H]2CC(C(N)=O)C3)c1OCC(C)C. The van der Waals surface area contributed by atoms with Crippen LogP contribution in [0.15, 0.2) is 12.3 Å². The third-order valence-electron chi connectivity index (χ3n) is 6.72. The molecule has 1 aromatic heterocycles. The van der Waals surface area contributed by atoms with E-state index in [-0.39, 0.29) is 47.4 Å². The number of aromatic nitrogens is 2. The van der Waals surface area contributed by atoms with Crippen LogP contribution in [0.4, 0.5) is 0 Å². The first kappa shape index (κ1) is 25.8. The van der Waals surface area contributed by atoms with Crippen molar-refractivity contribution in [3.05, 3.63) is 17.8 Å². The molecule has 0 aliphatic heterocycles. The highest BCUT2D eigenvalue weighted by atomic mass is 16.5. The van der Waals surface area contributed by atoms with Crippen molar-refractivity contribution in [2.45, 2.75) is 78.3 Å². The van der Waals surface area contributed by atoms with Gasteiger partial charge in [0.25, 0.3) is 5.91 Å². The van der Waals surface area contributed by atoms with Crippen molar-refractivity contribution < 1.29 is 19.1 Å². The zero-order valence-electron chi connectivity index (χ0n) is 21.0. The Balaban J connectivity index is 1.80. The first-order valence-electron chi connectivity index (χ1n) is 12.3. The van der Waals surface area contributed by atoms with Gasteiger partial charge >= 0.3 is 0 Å². The summed E-state index contributed by atoms with van der Waals surface area (Å²) in [6.07, 6.45) is 9.58. The highest BCUT2D eigenvalue weighted by Gasteiger charge is 2.43. The van der Waals surface area contributed by atoms with Crippen LogP contribution in [0.5, 0.6) is 5.88 Å². The monoisotopic (exact) mass is 473 g/mol. The van der Waals surface area contributed by atoms with Crippen LogP contribution in [0.25, 0.3) is 6.20 Å². The lowest BCUT2D eigenvalue weighted by molar-refractivity contribution is -0.124. The highest BCUT2D eigenvalue weighted by Crippen LogP contribution is 2.43. The molecule has 0 aromatic carbocycles. The summed E-state index contributed by atoms with van der Waals surface area (Å²) in [5, 5.41) is 10.5. The molecule has 2 fully saturated rings. The molecule has 0 saturated heterocycles. The number of amides is 3. The van der Waals surface area contributed by atoms with E-state index in [1.165, 1.54) is 17.8 Å². The van der Waals surface area contributed by atoms with Gasteiger partial charge in [-0.2, -0.15) is 5.10 Å². The highest BCUT2D eigenvalue weighted by molar-refractivity contribution is 5.96. The molecule has 2 aliphatic rings. The minimum Gasteiger partial charge on any atom is -0.477 e. The predicted molar refractivity (Wildman–Crippen MR) is 130 cm³/mol. The first-order valence-corrected chi connectivity index (χ1v) is 12.3. The fourth-order valence-corrected chi connectivity index (χ4v) is 5.19. The van der Waals surface area contributed by atoms with Gasteiger partial charge in [0.2, 0.25) is 17.7 Å². The number of nitrogens with zero attached hydrogens (tertiary/aromatic N) is 2. The van der Waals surface area contributed by atoms with Crippen LogP contribution >= 0.6 is 0 Å². The fourth-order valence-electron chi connectivity index (χ4n) is 5.19. The summed E-state index contributed by atoms with van der Waals surface area (Å²) < 4.78 is 7.54. The number of carbonyl (C=O) groups excluding carboxylic acids is 3. The summed E-state index contributed by atoms with van der Waals surface area (Å²) in [6, 6.07) is 0.0207. The van der Waals surface area contributed by atoms with Crippen molar-refractivity contribution in [3.63, 3.8) is 0 Å². The summed E-state index contributed by atoms with van der Waals surface area (Å²) >= 11 is 0. The second-order valence-corrected chi connectivity index (χ2v) is 10.8. The Hall–Kier alpha value is -2.84. The molecule has 0 radical (unpaired) electrons. The Kier molecular flexibility index (Phi) is 8.05. The maximum absolute atomic E-state index is 13.4. The summed E-state index contributed by atoms with van der Waals surface area (Å²) in [5.74, 6) is 0.445. The molecule has 0 spiro atoms. The molecule has 2 saturated carbocycles. The lowest BCUT2D eigenvalue weighted by Crippen LogP contribution is -2.52. The van der Waals surface area contributed by atoms with Crippen LogP contribution in [0, 0.1) is 23.7 Å². The van der Waals surface area contributed by atoms with Crippen molar-refractivity contribution in [2.24, 2.45) is 29.4 Å². The average Bonchev–Trinajstić information content (AvgIpc) is 3.12. The Labute approximate surface area is 201 Å². The van der Waals surface area contributed by atoms with E-state index in [1.54, 1.807) is 12.3 Å². The molecule has 9 nitrogen and oxygen atoms in total. The lowest BCUT2D eigenvalue weighted by Gasteiger charge is -2.45. The number of nitrogens with two attached hydrogens (primary N) is 1. The van der Waals surface area contributed by atoms with E-state index in [2.05, 4.69) is 15.7 Å². The smallest absolute Gasteiger partial charge is 0.258 e. The van der Waals surface area contributed by atoms with E-state index in [4.69, 9.17) is 10.5 Å². The van der Waals surface area contributed by atoms with Gasteiger partial charge in [0.05, 0.1) is 18.3 Å². The van der Waals surface area contributed by atoms with Crippen molar-refractivity contribution in [2.75, 3.05) is 6.61 Å². The van der Waals surface area contributed by atoms with Crippen LogP contribution in [-0.2, 0) is 9.59 Å². The van der Waals surface area contributed by atoms with Gasteiger partial charge in [-0.15, -0.1) is 0 Å². The zero-order valence-corrected chi connectivity index (χ0v) is 21.0. The second kappa shape index (κ2) is 10.6. The maximum Gasteiger partial charge on any atom is 0.258 e. The van der Waals surface area contributed by atoms with Crippen molar-refractivity contribution in [1.82, 2.24) is 20.4 Å². The molecule has 34 heavy (non-hydrogen) atoms. The quantitative estimate of drug-likeness (QED) is 0.508. The van der Waals surface area contributed by atoms with Crippen LogP contribution in [0.2, 0.25) is 0 Å². The fraction of sp³-hybridized carbons (Fsp3) is 0.680. The standard InChI is InChI=1S/C25H39N5O4/c1-15(2)14-34-24-20(13-27-30(24)10-9-25(4,5)29-16(3)31)23(33)28-21-17-7-6-8-18(21)12-19(11-17)22(26)32/h9-10,13,15,17-19,21H,6-8,11-12,14H2,1-5H3,(H2,26,32)(H,28,33)(H,29,31)/b10-9+/t17-,18?,19?,21?/m0/s1. The van der Waals surface area contributed by atoms with Crippen molar-refractivity contribution in [1.29, 1.82) is 0 Å². The van der Waals surface area contributed by atoms with Crippen LogP contribution in [0.3, 0.4) is 0 Å². The summed E-state index contributed by atoms with van der Waals surface area (Å²) in [7, 11) is 0. The van der Waals surface area contributed by atoms with Gasteiger partial charge in [0.1, 0.15) is 5.56 Å². The molecule has 3 unspecified atom stereocenters. The molecule has 1 heterocycles. The lowest BCUT2D eigenvalue weighted by atomic mass is 9.64. The van der Waals surface area contributed by atoms with Gasteiger partial charge in [0, 0.05) is 25.1 Å². The Morgan fingerprint density at radius 3 is 2.47 bits per heavy atom. The predicted octanol–water partition coefficient (Wildman–Crippen LogP) is 2.71. The first-order chi connectivity index (χ1) is 16.0. The maximum atomic E-state index is 13.4. The van der Waals surface area contributed by atoms with Crippen LogP contribution in [-0.4, -0.2) is 45.7 Å². The van der Waals surface area contributed by atoms with E-state index in [1.807, 2.05) is 27.7 Å². The van der Waals surface area contributed by atoms with Gasteiger partial charge in [-0.1, -0.05) is 20.3 Å². The van der Waals surface area contributed by atoms with Crippen molar-refractivity contribution in [3.8, 4) is 5.88 Å². The summed E-state index contributed by atoms with van der Waals surface area (Å²) in [6.45, 7) is 9.72. The number of carbonyl (C=O) groups is 3. The summed E-state index contributed by atoms with van der Waals surface area (Å²) in [4.78, 5) is 36.6. The molecular weight excluding hydrogens is 434 g/mol. The number of fused-ring (bicyclic) bond motifs is 2. The zero-order chi connectivity index (χ0) is 25.0. The number of primary amides is 1. The van der Waals surface area contributed by atoms with Gasteiger partial charge in [-0.05, 0) is 63.4 Å². The van der Waals surface area contributed by atoms with Gasteiger partial charge in [-0.3, -0.25) is 14.4 Å². The third kappa shape index (κ3) is 6.39. The van der Waals surface area contributed by atoms with Gasteiger partial charge in [-0.25, -0.2) is 4.68 Å². The van der Waals surface area contributed by atoms with E-state index < -0.39 is 5.54 Å². The molecular formula is C25H39N5O4. The minimum atomic E-state index is -0.591. The second-order valence-electron chi connectivity index (χ2n) is 10.8. The number of hydrogen-bond donors (Lipinski definition) is 3. The third-order valence-corrected chi connectivity index (χ3v) is 6.72. The van der Waals surface area contributed by atoms with E-state index in [0.717, 1.165) is 32.1 Å². The normalized spacial score (nSPS) is 24.8. The molecule has 3 amide bonds. The van der Waals surface area contributed by atoms with Crippen LogP contribution < -0.4 is 21.1 Å².